The van der Waals surface area contributed by atoms with E-state index in [1.807, 2.05) is 48.5 Å². The molecule has 0 rings (SSSR count). The summed E-state index contributed by atoms with van der Waals surface area (Å²) in [6.45, 7) is 25.6. The molecule has 294 valence electrons. The molecule has 0 radical (unpaired) electrons. The second-order valence-electron chi connectivity index (χ2n) is 8.42. The fourth-order valence-corrected chi connectivity index (χ4v) is 2.83. The first-order chi connectivity index (χ1) is 23.7. The monoisotopic (exact) mass is 706 g/mol. The second kappa shape index (κ2) is 55.2. The fourth-order valence-electron chi connectivity index (χ4n) is 2.83. The standard InChI is InChI=1S/C27H57N3O12.3C2H6/c1-2-32-5-6-34-9-10-36-13-14-38-17-18-40-21-22-42-24-23-41-20-19-39-16-15-37-12-11-35-8-7-33-4-3-30(29)25-27(28)26-31;3*1-2/h25,31H,2-24,26,28-29H2,1H3;3*1-2H3/b27-25-;;;. The van der Waals surface area contributed by atoms with Gasteiger partial charge in [-0.3, -0.25) is 0 Å². The molecule has 0 unspecified atom stereocenters. The lowest BCUT2D eigenvalue weighted by Crippen LogP contribution is -2.30. The molecule has 0 saturated carbocycles. The van der Waals surface area contributed by atoms with E-state index in [2.05, 4.69) is 0 Å². The number of rotatable bonds is 36. The van der Waals surface area contributed by atoms with Crippen LogP contribution >= 0.6 is 0 Å². The second-order valence-corrected chi connectivity index (χ2v) is 8.42. The zero-order chi connectivity index (χ0) is 36.6. The van der Waals surface area contributed by atoms with Crippen LogP contribution in [0.3, 0.4) is 0 Å². The Morgan fingerprint density at radius 2 is 0.646 bits per heavy atom. The predicted octanol–water partition coefficient (Wildman–Crippen LogP) is 2.24. The SMILES string of the molecule is CC.CC.CC.CCOCCOCCOCCOCCOCCOCCOCCOCCOCCOCCOCCN(N)/C=C(\N)CO. The van der Waals surface area contributed by atoms with Crippen LogP contribution in [-0.4, -0.2) is 169 Å². The largest absolute Gasteiger partial charge is 0.399 e. The highest BCUT2D eigenvalue weighted by atomic mass is 16.6. The third-order valence-corrected chi connectivity index (χ3v) is 4.93. The van der Waals surface area contributed by atoms with Gasteiger partial charge in [-0.2, -0.15) is 0 Å². The van der Waals surface area contributed by atoms with E-state index in [0.29, 0.717) is 158 Å². The number of hydrogen-bond donors (Lipinski definition) is 3. The van der Waals surface area contributed by atoms with Gasteiger partial charge in [-0.05, 0) is 6.92 Å². The Morgan fingerprint density at radius 1 is 0.438 bits per heavy atom. The van der Waals surface area contributed by atoms with E-state index >= 15 is 0 Å². The van der Waals surface area contributed by atoms with Crippen molar-refractivity contribution in [2.45, 2.75) is 48.5 Å². The number of hydrazine groups is 1. The molecule has 0 aromatic carbocycles. The van der Waals surface area contributed by atoms with Gasteiger partial charge in [-0.15, -0.1) is 0 Å². The first kappa shape index (κ1) is 53.6. The summed E-state index contributed by atoms with van der Waals surface area (Å²) in [5, 5.41) is 10.2. The van der Waals surface area contributed by atoms with Crippen LogP contribution < -0.4 is 11.6 Å². The number of nitrogens with two attached hydrogens (primary N) is 2. The Morgan fingerprint density at radius 3 is 0.854 bits per heavy atom. The van der Waals surface area contributed by atoms with Crippen LogP contribution in [0.1, 0.15) is 48.5 Å². The minimum Gasteiger partial charge on any atom is -0.399 e. The molecule has 15 heteroatoms. The molecule has 0 aliphatic heterocycles. The minimum atomic E-state index is -0.233. The topological polar surface area (TPSA) is 177 Å². The fraction of sp³-hybridized carbons (Fsp3) is 0.939. The summed E-state index contributed by atoms with van der Waals surface area (Å²) in [6.07, 6.45) is 1.47. The van der Waals surface area contributed by atoms with Gasteiger partial charge in [0.05, 0.1) is 158 Å². The van der Waals surface area contributed by atoms with Crippen molar-refractivity contribution in [2.75, 3.05) is 159 Å². The Kier molecular flexibility index (Phi) is 61.7. The first-order valence-corrected chi connectivity index (χ1v) is 17.6. The molecular weight excluding hydrogens is 630 g/mol. The summed E-state index contributed by atoms with van der Waals surface area (Å²) in [7, 11) is 0. The van der Waals surface area contributed by atoms with E-state index in [0.717, 1.165) is 0 Å². The smallest absolute Gasteiger partial charge is 0.0840 e. The van der Waals surface area contributed by atoms with Crippen LogP contribution in [0.25, 0.3) is 0 Å². The van der Waals surface area contributed by atoms with Gasteiger partial charge in [0.2, 0.25) is 0 Å². The van der Waals surface area contributed by atoms with E-state index in [9.17, 15) is 0 Å². The summed E-state index contributed by atoms with van der Waals surface area (Å²) in [5.74, 6) is 5.67. The van der Waals surface area contributed by atoms with Crippen molar-refractivity contribution in [3.05, 3.63) is 11.9 Å². The molecule has 0 atom stereocenters. The van der Waals surface area contributed by atoms with Crippen molar-refractivity contribution in [1.82, 2.24) is 5.01 Å². The van der Waals surface area contributed by atoms with Gasteiger partial charge in [-0.1, -0.05) is 41.5 Å². The van der Waals surface area contributed by atoms with Gasteiger partial charge in [0.25, 0.3) is 0 Å². The number of aliphatic hydroxyl groups excluding tert-OH is 1. The maximum absolute atomic E-state index is 8.82. The number of ether oxygens (including phenoxy) is 11. The van der Waals surface area contributed by atoms with Crippen LogP contribution in [-0.2, 0) is 52.1 Å². The zero-order valence-corrected chi connectivity index (χ0v) is 31.6. The summed E-state index contributed by atoms with van der Waals surface area (Å²) < 4.78 is 59.5. The molecule has 5 N–H and O–H groups in total. The summed E-state index contributed by atoms with van der Waals surface area (Å²) in [4.78, 5) is 0. The van der Waals surface area contributed by atoms with E-state index in [4.69, 9.17) is 68.8 Å². The summed E-state index contributed by atoms with van der Waals surface area (Å²) in [6, 6.07) is 0. The average molecular weight is 706 g/mol. The Balaban J connectivity index is -0.00000152. The van der Waals surface area contributed by atoms with Crippen LogP contribution in [0.5, 0.6) is 0 Å². The molecule has 48 heavy (non-hydrogen) atoms. The van der Waals surface area contributed by atoms with Gasteiger partial charge in [0.1, 0.15) is 0 Å². The van der Waals surface area contributed by atoms with Crippen molar-refractivity contribution in [3.63, 3.8) is 0 Å². The maximum atomic E-state index is 8.82. The van der Waals surface area contributed by atoms with Gasteiger partial charge in [0, 0.05) is 12.8 Å². The number of aliphatic hydroxyl groups is 1. The molecular formula is C33H75N3O12. The Hall–Kier alpha value is -1.18. The maximum Gasteiger partial charge on any atom is 0.0840 e. The van der Waals surface area contributed by atoms with Crippen LogP contribution in [0.15, 0.2) is 11.9 Å². The molecule has 0 amide bonds. The first-order valence-electron chi connectivity index (χ1n) is 17.6. The molecule has 0 aliphatic carbocycles. The zero-order valence-electron chi connectivity index (χ0n) is 31.6. The third kappa shape index (κ3) is 54.3. The lowest BCUT2D eigenvalue weighted by Gasteiger charge is -2.14. The van der Waals surface area contributed by atoms with Gasteiger partial charge in [-0.25, -0.2) is 5.84 Å². The predicted molar refractivity (Wildman–Crippen MR) is 189 cm³/mol. The van der Waals surface area contributed by atoms with Crippen molar-refractivity contribution in [3.8, 4) is 0 Å². The number of hydrogen-bond acceptors (Lipinski definition) is 15. The highest BCUT2D eigenvalue weighted by Crippen LogP contribution is 1.89. The van der Waals surface area contributed by atoms with Crippen molar-refractivity contribution >= 4 is 0 Å². The highest BCUT2D eigenvalue weighted by molar-refractivity contribution is 4.94. The molecule has 0 aromatic heterocycles. The van der Waals surface area contributed by atoms with Crippen LogP contribution in [0.4, 0.5) is 0 Å². The molecule has 0 aliphatic rings. The molecule has 0 fully saturated rings. The lowest BCUT2D eigenvalue weighted by molar-refractivity contribution is -0.0274. The molecule has 0 saturated heterocycles. The van der Waals surface area contributed by atoms with Crippen molar-refractivity contribution in [1.29, 1.82) is 0 Å². The quantitative estimate of drug-likeness (QED) is 0.0491. The lowest BCUT2D eigenvalue weighted by atomic mass is 10.5. The Bertz CT molecular complexity index is 556. The molecule has 0 spiro atoms. The molecule has 0 bridgehead atoms. The highest BCUT2D eigenvalue weighted by Gasteiger charge is 1.98. The van der Waals surface area contributed by atoms with E-state index in [1.165, 1.54) is 11.2 Å². The number of nitrogens with zero attached hydrogens (tertiary/aromatic N) is 1. The van der Waals surface area contributed by atoms with E-state index in [-0.39, 0.29) is 6.61 Å². The van der Waals surface area contributed by atoms with Crippen molar-refractivity contribution in [2.24, 2.45) is 11.6 Å². The third-order valence-electron chi connectivity index (χ3n) is 4.93. The average Bonchev–Trinajstić information content (AvgIpc) is 3.12. The van der Waals surface area contributed by atoms with E-state index in [1.54, 1.807) is 0 Å². The summed E-state index contributed by atoms with van der Waals surface area (Å²) >= 11 is 0. The van der Waals surface area contributed by atoms with Gasteiger partial charge < -0.3 is 68.0 Å². The van der Waals surface area contributed by atoms with E-state index < -0.39 is 0 Å². The Labute approximate surface area is 292 Å². The molecule has 15 nitrogen and oxygen atoms in total. The summed E-state index contributed by atoms with van der Waals surface area (Å²) in [5.41, 5.74) is 5.77. The molecule has 0 aromatic rings. The van der Waals surface area contributed by atoms with Gasteiger partial charge >= 0.3 is 0 Å². The normalized spacial score (nSPS) is 10.8. The van der Waals surface area contributed by atoms with Crippen molar-refractivity contribution < 1.29 is 57.2 Å². The van der Waals surface area contributed by atoms with Crippen LogP contribution in [0, 0.1) is 0 Å². The van der Waals surface area contributed by atoms with Crippen LogP contribution in [0.2, 0.25) is 0 Å². The van der Waals surface area contributed by atoms with Gasteiger partial charge in [0.15, 0.2) is 0 Å². The molecule has 0 heterocycles. The minimum absolute atomic E-state index is 0.233.